The van der Waals surface area contributed by atoms with Gasteiger partial charge in [-0.05, 0) is 30.9 Å². The fourth-order valence-corrected chi connectivity index (χ4v) is 2.92. The molecule has 0 unspecified atom stereocenters. The minimum atomic E-state index is -0.137. The highest BCUT2D eigenvalue weighted by molar-refractivity contribution is 9.10. The molecule has 1 aromatic carbocycles. The Labute approximate surface area is 105 Å². The van der Waals surface area contributed by atoms with Gasteiger partial charge in [-0.3, -0.25) is 4.79 Å². The summed E-state index contributed by atoms with van der Waals surface area (Å²) in [4.78, 5) is 12.0. The summed E-state index contributed by atoms with van der Waals surface area (Å²) in [7, 11) is 0. The van der Waals surface area contributed by atoms with Crippen molar-refractivity contribution in [3.05, 3.63) is 34.3 Å². The van der Waals surface area contributed by atoms with Crippen molar-refractivity contribution in [3.8, 4) is 0 Å². The molecule has 0 aliphatic heterocycles. The molecule has 0 radical (unpaired) electrons. The summed E-state index contributed by atoms with van der Waals surface area (Å²) in [5.74, 6) is 0.439. The highest BCUT2D eigenvalue weighted by atomic mass is 79.9. The number of halogens is 1. The number of Topliss-reactive ketones (excluding diaryl/α,β-unsaturated/α-hetero) is 1. The van der Waals surface area contributed by atoms with Crippen molar-refractivity contribution in [2.75, 3.05) is 0 Å². The SMILES string of the molecule is C[C@@]1(Cc2ccccc2Br)CCCCC1=O. The number of rotatable bonds is 2. The maximum absolute atomic E-state index is 12.0. The van der Waals surface area contributed by atoms with E-state index in [1.165, 1.54) is 12.0 Å². The van der Waals surface area contributed by atoms with Crippen LogP contribution in [0.2, 0.25) is 0 Å². The lowest BCUT2D eigenvalue weighted by Gasteiger charge is -2.32. The summed E-state index contributed by atoms with van der Waals surface area (Å²) in [6.07, 6.45) is 4.93. The van der Waals surface area contributed by atoms with E-state index >= 15 is 0 Å². The molecule has 2 heteroatoms. The molecule has 1 aliphatic carbocycles. The first-order chi connectivity index (χ1) is 7.62. The van der Waals surface area contributed by atoms with Crippen molar-refractivity contribution in [1.29, 1.82) is 0 Å². The largest absolute Gasteiger partial charge is 0.299 e. The second-order valence-corrected chi connectivity index (χ2v) is 5.81. The standard InChI is InChI=1S/C14H17BrO/c1-14(9-5-4-8-13(14)16)10-11-6-2-3-7-12(11)15/h2-3,6-7H,4-5,8-10H2,1H3/t14-/m0/s1. The van der Waals surface area contributed by atoms with E-state index < -0.39 is 0 Å². The molecular weight excluding hydrogens is 264 g/mol. The van der Waals surface area contributed by atoms with E-state index in [1.54, 1.807) is 0 Å². The van der Waals surface area contributed by atoms with Gasteiger partial charge in [-0.25, -0.2) is 0 Å². The third-order valence-corrected chi connectivity index (χ3v) is 4.37. The first kappa shape index (κ1) is 11.8. The van der Waals surface area contributed by atoms with Crippen LogP contribution >= 0.6 is 15.9 Å². The average Bonchev–Trinajstić information content (AvgIpc) is 2.26. The summed E-state index contributed by atoms with van der Waals surface area (Å²) in [5, 5.41) is 0. The molecule has 0 aromatic heterocycles. The topological polar surface area (TPSA) is 17.1 Å². The van der Waals surface area contributed by atoms with E-state index in [0.717, 1.165) is 30.2 Å². The van der Waals surface area contributed by atoms with Crippen molar-refractivity contribution < 1.29 is 4.79 Å². The van der Waals surface area contributed by atoms with Crippen LogP contribution in [0, 0.1) is 5.41 Å². The highest BCUT2D eigenvalue weighted by Crippen LogP contribution is 2.37. The zero-order valence-corrected chi connectivity index (χ0v) is 11.2. The summed E-state index contributed by atoms with van der Waals surface area (Å²) in [6, 6.07) is 8.21. The molecule has 1 aromatic rings. The molecule has 0 spiro atoms. The van der Waals surface area contributed by atoms with Crippen LogP contribution in [0.3, 0.4) is 0 Å². The van der Waals surface area contributed by atoms with E-state index in [4.69, 9.17) is 0 Å². The average molecular weight is 281 g/mol. The molecule has 1 aliphatic rings. The van der Waals surface area contributed by atoms with Gasteiger partial charge in [0.05, 0.1) is 0 Å². The van der Waals surface area contributed by atoms with Gasteiger partial charge in [-0.1, -0.05) is 47.5 Å². The van der Waals surface area contributed by atoms with Crippen LogP contribution in [-0.2, 0) is 11.2 Å². The van der Waals surface area contributed by atoms with Crippen LogP contribution in [0.4, 0.5) is 0 Å². The van der Waals surface area contributed by atoms with Gasteiger partial charge in [0.15, 0.2) is 0 Å². The summed E-state index contributed by atoms with van der Waals surface area (Å²) in [6.45, 7) is 2.12. The fraction of sp³-hybridized carbons (Fsp3) is 0.500. The van der Waals surface area contributed by atoms with Crippen LogP contribution in [0.25, 0.3) is 0 Å². The number of carbonyl (C=O) groups is 1. The number of benzene rings is 1. The van der Waals surface area contributed by atoms with Gasteiger partial charge in [0.2, 0.25) is 0 Å². The van der Waals surface area contributed by atoms with Crippen LogP contribution in [0.1, 0.15) is 38.2 Å². The van der Waals surface area contributed by atoms with E-state index in [9.17, 15) is 4.79 Å². The Bertz CT molecular complexity index is 399. The Kier molecular flexibility index (Phi) is 3.48. The van der Waals surface area contributed by atoms with E-state index in [0.29, 0.717) is 5.78 Å². The van der Waals surface area contributed by atoms with Crippen LogP contribution in [-0.4, -0.2) is 5.78 Å². The van der Waals surface area contributed by atoms with E-state index in [2.05, 4.69) is 28.9 Å². The second kappa shape index (κ2) is 4.70. The Balaban J connectivity index is 2.20. The zero-order valence-electron chi connectivity index (χ0n) is 9.63. The molecule has 1 atom stereocenters. The monoisotopic (exact) mass is 280 g/mol. The lowest BCUT2D eigenvalue weighted by molar-refractivity contribution is -0.130. The number of carbonyl (C=O) groups excluding carboxylic acids is 1. The fourth-order valence-electron chi connectivity index (χ4n) is 2.49. The highest BCUT2D eigenvalue weighted by Gasteiger charge is 2.35. The molecule has 0 amide bonds. The van der Waals surface area contributed by atoms with Crippen LogP contribution < -0.4 is 0 Å². The molecule has 2 rings (SSSR count). The normalized spacial score (nSPS) is 25.8. The van der Waals surface area contributed by atoms with Crippen molar-refractivity contribution in [2.24, 2.45) is 5.41 Å². The predicted molar refractivity (Wildman–Crippen MR) is 69.4 cm³/mol. The quantitative estimate of drug-likeness (QED) is 0.796. The van der Waals surface area contributed by atoms with Crippen LogP contribution in [0.15, 0.2) is 28.7 Å². The predicted octanol–water partition coefficient (Wildman–Crippen LogP) is 4.14. The second-order valence-electron chi connectivity index (χ2n) is 4.96. The minimum absolute atomic E-state index is 0.137. The summed E-state index contributed by atoms with van der Waals surface area (Å²) < 4.78 is 1.12. The first-order valence-electron chi connectivity index (χ1n) is 5.88. The van der Waals surface area contributed by atoms with Gasteiger partial charge in [0.25, 0.3) is 0 Å². The Morgan fingerprint density at radius 3 is 2.75 bits per heavy atom. The van der Waals surface area contributed by atoms with Gasteiger partial charge in [-0.15, -0.1) is 0 Å². The number of ketones is 1. The van der Waals surface area contributed by atoms with Crippen molar-refractivity contribution in [3.63, 3.8) is 0 Å². The Hall–Kier alpha value is -0.630. The maximum atomic E-state index is 12.0. The molecular formula is C14H17BrO. The first-order valence-corrected chi connectivity index (χ1v) is 6.68. The molecule has 86 valence electrons. The van der Waals surface area contributed by atoms with E-state index in [1.807, 2.05) is 18.2 Å². The summed E-state index contributed by atoms with van der Waals surface area (Å²) >= 11 is 3.56. The number of hydrogen-bond acceptors (Lipinski definition) is 1. The third kappa shape index (κ3) is 2.37. The van der Waals surface area contributed by atoms with Gasteiger partial charge in [0.1, 0.15) is 5.78 Å². The molecule has 1 saturated carbocycles. The minimum Gasteiger partial charge on any atom is -0.299 e. The number of hydrogen-bond donors (Lipinski definition) is 0. The Morgan fingerprint density at radius 1 is 1.31 bits per heavy atom. The van der Waals surface area contributed by atoms with Crippen molar-refractivity contribution >= 4 is 21.7 Å². The molecule has 0 bridgehead atoms. The van der Waals surface area contributed by atoms with Crippen LogP contribution in [0.5, 0.6) is 0 Å². The maximum Gasteiger partial charge on any atom is 0.139 e. The Morgan fingerprint density at radius 2 is 2.06 bits per heavy atom. The molecule has 0 N–H and O–H groups in total. The molecule has 0 heterocycles. The molecule has 16 heavy (non-hydrogen) atoms. The third-order valence-electron chi connectivity index (χ3n) is 3.59. The molecule has 1 nitrogen and oxygen atoms in total. The summed E-state index contributed by atoms with van der Waals surface area (Å²) in [5.41, 5.74) is 1.11. The molecule has 1 fully saturated rings. The van der Waals surface area contributed by atoms with E-state index in [-0.39, 0.29) is 5.41 Å². The van der Waals surface area contributed by atoms with Crippen molar-refractivity contribution in [2.45, 2.75) is 39.0 Å². The smallest absolute Gasteiger partial charge is 0.139 e. The van der Waals surface area contributed by atoms with Gasteiger partial charge >= 0.3 is 0 Å². The van der Waals surface area contributed by atoms with Gasteiger partial charge in [0, 0.05) is 16.3 Å². The molecule has 0 saturated heterocycles. The zero-order chi connectivity index (χ0) is 11.6. The lowest BCUT2D eigenvalue weighted by atomic mass is 9.71. The van der Waals surface area contributed by atoms with Gasteiger partial charge in [-0.2, -0.15) is 0 Å². The van der Waals surface area contributed by atoms with Gasteiger partial charge < -0.3 is 0 Å². The van der Waals surface area contributed by atoms with Crippen molar-refractivity contribution in [1.82, 2.24) is 0 Å². The lowest BCUT2D eigenvalue weighted by Crippen LogP contribution is -2.33.